The molecule has 3 rings (SSSR count). The highest BCUT2D eigenvalue weighted by molar-refractivity contribution is 6.46. The van der Waals surface area contributed by atoms with Crippen LogP contribution in [-0.2, 0) is 14.3 Å². The van der Waals surface area contributed by atoms with Gasteiger partial charge in [-0.25, -0.2) is 0 Å². The zero-order valence-electron chi connectivity index (χ0n) is 19.3. The van der Waals surface area contributed by atoms with E-state index in [1.54, 1.807) is 7.11 Å². The van der Waals surface area contributed by atoms with Crippen molar-refractivity contribution in [1.29, 1.82) is 0 Å². The topological polar surface area (TPSA) is 76.1 Å². The number of rotatable bonds is 8. The van der Waals surface area contributed by atoms with Crippen molar-refractivity contribution in [2.45, 2.75) is 46.3 Å². The lowest BCUT2D eigenvalue weighted by atomic mass is 9.92. The third kappa shape index (κ3) is 4.70. The van der Waals surface area contributed by atoms with Crippen LogP contribution in [0.3, 0.4) is 0 Å². The van der Waals surface area contributed by atoms with Crippen molar-refractivity contribution < 1.29 is 24.2 Å². The van der Waals surface area contributed by atoms with Crippen LogP contribution in [0.1, 0.15) is 48.6 Å². The number of carbonyl (C=O) groups excluding carboxylic acids is 2. The second-order valence-corrected chi connectivity index (χ2v) is 8.36. The summed E-state index contributed by atoms with van der Waals surface area (Å²) in [5, 5.41) is 11.3. The van der Waals surface area contributed by atoms with Gasteiger partial charge >= 0.3 is 0 Å². The van der Waals surface area contributed by atoms with E-state index in [0.29, 0.717) is 36.4 Å². The molecule has 0 saturated carbocycles. The number of Topliss-reactive ketones (excluding diaryl/α,β-unsaturated/α-hetero) is 1. The number of methoxy groups -OCH3 is 1. The van der Waals surface area contributed by atoms with Gasteiger partial charge < -0.3 is 19.5 Å². The van der Waals surface area contributed by atoms with E-state index in [9.17, 15) is 14.7 Å². The Morgan fingerprint density at radius 3 is 2.53 bits per heavy atom. The molecule has 0 aliphatic carbocycles. The van der Waals surface area contributed by atoms with Gasteiger partial charge in [0.05, 0.1) is 17.7 Å². The summed E-state index contributed by atoms with van der Waals surface area (Å²) in [6, 6.07) is 12.3. The minimum absolute atomic E-state index is 0.0842. The summed E-state index contributed by atoms with van der Waals surface area (Å²) in [6.07, 6.45) is 0.474. The molecule has 2 aromatic rings. The third-order valence-electron chi connectivity index (χ3n) is 5.51. The summed E-state index contributed by atoms with van der Waals surface area (Å²) < 4.78 is 11.1. The molecule has 1 fully saturated rings. The molecule has 1 unspecified atom stereocenters. The van der Waals surface area contributed by atoms with E-state index in [1.165, 1.54) is 4.90 Å². The van der Waals surface area contributed by atoms with E-state index in [2.05, 4.69) is 0 Å². The Hall–Kier alpha value is -3.12. The van der Waals surface area contributed by atoms with Crippen molar-refractivity contribution in [1.82, 2.24) is 4.90 Å². The van der Waals surface area contributed by atoms with E-state index in [-0.39, 0.29) is 17.4 Å². The maximum atomic E-state index is 13.2. The van der Waals surface area contributed by atoms with E-state index in [4.69, 9.17) is 9.47 Å². The van der Waals surface area contributed by atoms with E-state index in [0.717, 1.165) is 11.1 Å². The number of aliphatic hydroxyl groups excluding tert-OH is 1. The Balaban J connectivity index is 2.22. The molecule has 170 valence electrons. The first-order valence-electron chi connectivity index (χ1n) is 10.9. The molecule has 0 aromatic heterocycles. The van der Waals surface area contributed by atoms with Gasteiger partial charge in [0.15, 0.2) is 0 Å². The first-order chi connectivity index (χ1) is 15.3. The number of amides is 1. The number of aryl methyl sites for hydroxylation is 2. The van der Waals surface area contributed by atoms with Crippen LogP contribution in [0, 0.1) is 13.8 Å². The van der Waals surface area contributed by atoms with E-state index in [1.807, 2.05) is 70.2 Å². The summed E-state index contributed by atoms with van der Waals surface area (Å²) in [6.45, 7) is 8.40. The van der Waals surface area contributed by atoms with Crippen LogP contribution in [0.25, 0.3) is 5.76 Å². The summed E-state index contributed by atoms with van der Waals surface area (Å²) in [5.41, 5.74) is 3.08. The van der Waals surface area contributed by atoms with Gasteiger partial charge in [-0.05, 0) is 51.8 Å². The molecule has 2 aromatic carbocycles. The molecule has 1 atom stereocenters. The molecule has 6 nitrogen and oxygen atoms in total. The molecule has 0 radical (unpaired) electrons. The lowest BCUT2D eigenvalue weighted by Crippen LogP contribution is -2.31. The predicted octanol–water partition coefficient (Wildman–Crippen LogP) is 4.55. The van der Waals surface area contributed by atoms with Crippen molar-refractivity contribution in [2.75, 3.05) is 20.3 Å². The third-order valence-corrected chi connectivity index (χ3v) is 5.51. The predicted molar refractivity (Wildman–Crippen MR) is 124 cm³/mol. The number of para-hydroxylation sites is 1. The van der Waals surface area contributed by atoms with Crippen LogP contribution >= 0.6 is 0 Å². The number of aliphatic hydroxyl groups is 1. The summed E-state index contributed by atoms with van der Waals surface area (Å²) in [5.74, 6) is -0.899. The fraction of sp³-hybridized carbons (Fsp3) is 0.385. The molecule has 1 aliphatic rings. The van der Waals surface area contributed by atoms with E-state index >= 15 is 0 Å². The number of carbonyl (C=O) groups is 2. The average molecular weight is 438 g/mol. The first-order valence-corrected chi connectivity index (χ1v) is 10.9. The molecule has 1 amide bonds. The van der Waals surface area contributed by atoms with Gasteiger partial charge in [-0.2, -0.15) is 0 Å². The fourth-order valence-electron chi connectivity index (χ4n) is 4.02. The summed E-state index contributed by atoms with van der Waals surface area (Å²) in [4.78, 5) is 27.8. The molecular formula is C26H31NO5. The summed E-state index contributed by atoms with van der Waals surface area (Å²) >= 11 is 0. The van der Waals surface area contributed by atoms with Crippen LogP contribution in [0.2, 0.25) is 0 Å². The molecule has 1 saturated heterocycles. The zero-order chi connectivity index (χ0) is 23.4. The van der Waals surface area contributed by atoms with Crippen LogP contribution in [0.5, 0.6) is 5.75 Å². The van der Waals surface area contributed by atoms with Crippen LogP contribution in [0.15, 0.2) is 48.0 Å². The van der Waals surface area contributed by atoms with Crippen molar-refractivity contribution in [3.8, 4) is 5.75 Å². The number of benzene rings is 2. The maximum Gasteiger partial charge on any atom is 0.295 e. The number of hydrogen-bond donors (Lipinski definition) is 1. The second-order valence-electron chi connectivity index (χ2n) is 8.36. The molecule has 0 spiro atoms. The Labute approximate surface area is 189 Å². The van der Waals surface area contributed by atoms with Crippen molar-refractivity contribution in [2.24, 2.45) is 0 Å². The highest BCUT2D eigenvalue weighted by Crippen LogP contribution is 2.43. The smallest absolute Gasteiger partial charge is 0.295 e. The van der Waals surface area contributed by atoms with Gasteiger partial charge in [-0.1, -0.05) is 35.9 Å². The lowest BCUT2D eigenvalue weighted by Gasteiger charge is -2.27. The maximum absolute atomic E-state index is 13.2. The largest absolute Gasteiger partial charge is 0.507 e. The highest BCUT2D eigenvalue weighted by atomic mass is 16.5. The van der Waals surface area contributed by atoms with Crippen LogP contribution < -0.4 is 4.74 Å². The monoisotopic (exact) mass is 437 g/mol. The van der Waals surface area contributed by atoms with Gasteiger partial charge in [-0.15, -0.1) is 0 Å². The summed E-state index contributed by atoms with van der Waals surface area (Å²) in [7, 11) is 1.60. The quantitative estimate of drug-likeness (QED) is 0.284. The zero-order valence-corrected chi connectivity index (χ0v) is 19.3. The van der Waals surface area contributed by atoms with E-state index < -0.39 is 17.7 Å². The number of likely N-dealkylation sites (tertiary alicyclic amines) is 1. The van der Waals surface area contributed by atoms with Crippen molar-refractivity contribution in [3.05, 3.63) is 70.3 Å². The molecule has 1 heterocycles. The minimum atomic E-state index is -0.748. The second kappa shape index (κ2) is 10.0. The number of hydrogen-bond acceptors (Lipinski definition) is 5. The standard InChI is InChI=1S/C26H31NO5/c1-16(2)32-21-10-7-6-9-19(21)23-22(24(28)20-15-17(3)11-12-18(20)4)25(29)26(30)27(23)13-8-14-31-5/h6-7,9-12,15-16,23,28H,8,13-14H2,1-5H3/b24-22+. The SMILES string of the molecule is COCCCN1C(=O)C(=O)/C(=C(/O)c2cc(C)ccc2C)C1c1ccccc1OC(C)C. The van der Waals surface area contributed by atoms with Gasteiger partial charge in [0.25, 0.3) is 11.7 Å². The molecule has 32 heavy (non-hydrogen) atoms. The number of ketones is 1. The lowest BCUT2D eigenvalue weighted by molar-refractivity contribution is -0.140. The Morgan fingerprint density at radius 2 is 1.84 bits per heavy atom. The minimum Gasteiger partial charge on any atom is -0.507 e. The first kappa shape index (κ1) is 23.5. The number of ether oxygens (including phenoxy) is 2. The van der Waals surface area contributed by atoms with Crippen molar-refractivity contribution in [3.63, 3.8) is 0 Å². The normalized spacial score (nSPS) is 17.9. The Kier molecular flexibility index (Phi) is 7.36. The fourth-order valence-corrected chi connectivity index (χ4v) is 4.02. The molecule has 1 aliphatic heterocycles. The number of nitrogens with zero attached hydrogens (tertiary/aromatic N) is 1. The Morgan fingerprint density at radius 1 is 1.12 bits per heavy atom. The molecule has 0 bridgehead atoms. The molecular weight excluding hydrogens is 406 g/mol. The Bertz CT molecular complexity index is 1040. The van der Waals surface area contributed by atoms with Gasteiger partial charge in [0, 0.05) is 31.4 Å². The van der Waals surface area contributed by atoms with Crippen molar-refractivity contribution >= 4 is 17.4 Å². The molecule has 6 heteroatoms. The van der Waals surface area contributed by atoms with Gasteiger partial charge in [-0.3, -0.25) is 9.59 Å². The average Bonchev–Trinajstić information content (AvgIpc) is 3.00. The van der Waals surface area contributed by atoms with Gasteiger partial charge in [0.1, 0.15) is 11.5 Å². The molecule has 1 N–H and O–H groups in total. The highest BCUT2D eigenvalue weighted by Gasteiger charge is 2.47. The van der Waals surface area contributed by atoms with Gasteiger partial charge in [0.2, 0.25) is 0 Å². The van der Waals surface area contributed by atoms with Crippen LogP contribution in [0.4, 0.5) is 0 Å². The van der Waals surface area contributed by atoms with Crippen LogP contribution in [-0.4, -0.2) is 48.1 Å².